The van der Waals surface area contributed by atoms with E-state index in [0.717, 1.165) is 26.3 Å². The minimum atomic E-state index is 0.632. The Labute approximate surface area is 137 Å². The molecule has 0 aliphatic rings. The Bertz CT molecular complexity index is 604. The van der Waals surface area contributed by atoms with Gasteiger partial charge in [0.2, 0.25) is 0 Å². The van der Waals surface area contributed by atoms with Crippen LogP contribution in [-0.4, -0.2) is 14.2 Å². The molecular weight excluding hydrogens is 389 g/mol. The van der Waals surface area contributed by atoms with Gasteiger partial charge in [0, 0.05) is 21.7 Å². The van der Waals surface area contributed by atoms with Crippen LogP contribution in [0.3, 0.4) is 0 Å². The number of nitrogens with one attached hydrogen (secondary N) is 1. The van der Waals surface area contributed by atoms with E-state index in [1.807, 2.05) is 36.4 Å². The second-order valence-corrected chi connectivity index (χ2v) is 5.81. The molecule has 0 saturated heterocycles. The number of benzene rings is 2. The zero-order chi connectivity index (χ0) is 14.5. The third-order valence-electron chi connectivity index (χ3n) is 2.89. The largest absolute Gasteiger partial charge is 0.497 e. The first kappa shape index (κ1) is 15.3. The quantitative estimate of drug-likeness (QED) is 0.742. The van der Waals surface area contributed by atoms with E-state index in [1.54, 1.807) is 14.2 Å². The van der Waals surface area contributed by atoms with Crippen molar-refractivity contribution < 1.29 is 9.47 Å². The Morgan fingerprint density at radius 1 is 1.10 bits per heavy atom. The zero-order valence-electron chi connectivity index (χ0n) is 11.2. The molecule has 0 spiro atoms. The van der Waals surface area contributed by atoms with Gasteiger partial charge >= 0.3 is 0 Å². The van der Waals surface area contributed by atoms with Gasteiger partial charge < -0.3 is 14.8 Å². The molecule has 0 fully saturated rings. The van der Waals surface area contributed by atoms with E-state index in [2.05, 4.69) is 27.9 Å². The van der Waals surface area contributed by atoms with Crippen LogP contribution in [0.15, 0.2) is 36.4 Å². The van der Waals surface area contributed by atoms with Crippen LogP contribution in [-0.2, 0) is 6.54 Å². The molecule has 3 nitrogen and oxygen atoms in total. The third-order valence-corrected chi connectivity index (χ3v) is 3.88. The first-order chi connectivity index (χ1) is 9.63. The monoisotopic (exact) mass is 403 g/mol. The van der Waals surface area contributed by atoms with Gasteiger partial charge in [0.05, 0.1) is 24.9 Å². The van der Waals surface area contributed by atoms with Crippen molar-refractivity contribution >= 4 is 39.9 Å². The van der Waals surface area contributed by atoms with Crippen molar-refractivity contribution in [2.45, 2.75) is 6.54 Å². The zero-order valence-corrected chi connectivity index (χ0v) is 14.2. The van der Waals surface area contributed by atoms with Crippen LogP contribution >= 0.6 is 34.2 Å². The summed E-state index contributed by atoms with van der Waals surface area (Å²) < 4.78 is 11.7. The second-order valence-electron chi connectivity index (χ2n) is 4.16. The molecule has 2 aromatic rings. The number of rotatable bonds is 5. The SMILES string of the molecule is COc1ccc(CNc2ccc(I)cc2Cl)c(OC)c1. The first-order valence-electron chi connectivity index (χ1n) is 6.04. The van der Waals surface area contributed by atoms with Crippen LogP contribution in [0.5, 0.6) is 11.5 Å². The third kappa shape index (κ3) is 3.70. The van der Waals surface area contributed by atoms with Gasteiger partial charge in [-0.1, -0.05) is 11.6 Å². The van der Waals surface area contributed by atoms with E-state index < -0.39 is 0 Å². The Morgan fingerprint density at radius 3 is 2.55 bits per heavy atom. The maximum Gasteiger partial charge on any atom is 0.127 e. The lowest BCUT2D eigenvalue weighted by Crippen LogP contribution is -2.02. The summed E-state index contributed by atoms with van der Waals surface area (Å²) >= 11 is 8.43. The molecule has 0 atom stereocenters. The van der Waals surface area contributed by atoms with Crippen molar-refractivity contribution in [3.8, 4) is 11.5 Å². The average Bonchev–Trinajstić information content (AvgIpc) is 2.46. The summed E-state index contributed by atoms with van der Waals surface area (Å²) in [4.78, 5) is 0. The van der Waals surface area contributed by atoms with Crippen molar-refractivity contribution in [3.63, 3.8) is 0 Å². The normalized spacial score (nSPS) is 10.2. The molecule has 0 amide bonds. The second kappa shape index (κ2) is 7.04. The van der Waals surface area contributed by atoms with E-state index in [4.69, 9.17) is 21.1 Å². The smallest absolute Gasteiger partial charge is 0.127 e. The Morgan fingerprint density at radius 2 is 1.90 bits per heavy atom. The van der Waals surface area contributed by atoms with Crippen LogP contribution in [0.1, 0.15) is 5.56 Å². The summed E-state index contributed by atoms with van der Waals surface area (Å²) in [6.07, 6.45) is 0. The van der Waals surface area contributed by atoms with Gasteiger partial charge in [0.25, 0.3) is 0 Å². The number of ether oxygens (including phenoxy) is 2. The summed E-state index contributed by atoms with van der Waals surface area (Å²) in [6.45, 7) is 0.632. The Balaban J connectivity index is 2.14. The maximum atomic E-state index is 6.20. The summed E-state index contributed by atoms with van der Waals surface area (Å²) in [5, 5.41) is 4.02. The molecule has 106 valence electrons. The Hall–Kier alpha value is -1.14. The fraction of sp³-hybridized carbons (Fsp3) is 0.200. The highest BCUT2D eigenvalue weighted by molar-refractivity contribution is 14.1. The van der Waals surface area contributed by atoms with Crippen molar-refractivity contribution in [2.75, 3.05) is 19.5 Å². The van der Waals surface area contributed by atoms with E-state index in [-0.39, 0.29) is 0 Å². The first-order valence-corrected chi connectivity index (χ1v) is 7.49. The molecule has 2 aromatic carbocycles. The van der Waals surface area contributed by atoms with Gasteiger partial charge in [-0.15, -0.1) is 0 Å². The van der Waals surface area contributed by atoms with E-state index in [9.17, 15) is 0 Å². The number of halogens is 2. The molecule has 0 aliphatic carbocycles. The molecule has 0 aromatic heterocycles. The molecule has 0 unspecified atom stereocenters. The lowest BCUT2D eigenvalue weighted by molar-refractivity contribution is 0.391. The highest BCUT2D eigenvalue weighted by atomic mass is 127. The van der Waals surface area contributed by atoms with Gasteiger partial charge in [-0.25, -0.2) is 0 Å². The van der Waals surface area contributed by atoms with Crippen molar-refractivity contribution in [1.29, 1.82) is 0 Å². The molecule has 0 radical (unpaired) electrons. The molecule has 0 saturated carbocycles. The predicted molar refractivity (Wildman–Crippen MR) is 91.0 cm³/mol. The van der Waals surface area contributed by atoms with E-state index in [1.165, 1.54) is 0 Å². The average molecular weight is 404 g/mol. The predicted octanol–water partition coefficient (Wildman–Crippen LogP) is 4.57. The van der Waals surface area contributed by atoms with E-state index in [0.29, 0.717) is 11.6 Å². The van der Waals surface area contributed by atoms with Crippen LogP contribution in [0.2, 0.25) is 5.02 Å². The Kier molecular flexibility index (Phi) is 5.37. The molecule has 0 aliphatic heterocycles. The molecule has 1 N–H and O–H groups in total. The minimum absolute atomic E-state index is 0.632. The van der Waals surface area contributed by atoms with Gasteiger partial charge in [-0.05, 0) is 52.9 Å². The van der Waals surface area contributed by atoms with Crippen molar-refractivity contribution in [2.24, 2.45) is 0 Å². The highest BCUT2D eigenvalue weighted by Gasteiger charge is 2.06. The molecule has 0 heterocycles. The minimum Gasteiger partial charge on any atom is -0.497 e. The number of hydrogen-bond donors (Lipinski definition) is 1. The summed E-state index contributed by atoms with van der Waals surface area (Å²) in [5.74, 6) is 1.57. The number of anilines is 1. The fourth-order valence-corrected chi connectivity index (χ4v) is 2.74. The van der Waals surface area contributed by atoms with E-state index >= 15 is 0 Å². The fourth-order valence-electron chi connectivity index (χ4n) is 1.82. The lowest BCUT2D eigenvalue weighted by Gasteiger charge is -2.13. The summed E-state index contributed by atoms with van der Waals surface area (Å²) in [6, 6.07) is 11.7. The molecule has 5 heteroatoms. The van der Waals surface area contributed by atoms with Crippen LogP contribution < -0.4 is 14.8 Å². The van der Waals surface area contributed by atoms with Crippen LogP contribution in [0.4, 0.5) is 5.69 Å². The van der Waals surface area contributed by atoms with Gasteiger partial charge in [0.1, 0.15) is 11.5 Å². The van der Waals surface area contributed by atoms with Crippen molar-refractivity contribution in [1.82, 2.24) is 0 Å². The maximum absolute atomic E-state index is 6.20. The molecule has 0 bridgehead atoms. The lowest BCUT2D eigenvalue weighted by atomic mass is 10.2. The highest BCUT2D eigenvalue weighted by Crippen LogP contribution is 2.28. The van der Waals surface area contributed by atoms with Crippen molar-refractivity contribution in [3.05, 3.63) is 50.6 Å². The molecule has 20 heavy (non-hydrogen) atoms. The van der Waals surface area contributed by atoms with Crippen LogP contribution in [0.25, 0.3) is 0 Å². The molecule has 2 rings (SSSR count). The summed E-state index contributed by atoms with van der Waals surface area (Å²) in [5.41, 5.74) is 1.95. The molecular formula is C15H15ClINO2. The van der Waals surface area contributed by atoms with Crippen LogP contribution in [0, 0.1) is 3.57 Å². The topological polar surface area (TPSA) is 30.5 Å². The summed E-state index contributed by atoms with van der Waals surface area (Å²) in [7, 11) is 3.29. The van der Waals surface area contributed by atoms with Gasteiger partial charge in [0.15, 0.2) is 0 Å². The number of methoxy groups -OCH3 is 2. The van der Waals surface area contributed by atoms with Gasteiger partial charge in [-0.2, -0.15) is 0 Å². The van der Waals surface area contributed by atoms with Gasteiger partial charge in [-0.3, -0.25) is 0 Å². The standard InChI is InChI=1S/C15H15ClINO2/c1-19-12-5-3-10(15(8-12)20-2)9-18-14-6-4-11(17)7-13(14)16/h3-8,18H,9H2,1-2H3. The number of hydrogen-bond acceptors (Lipinski definition) is 3.